The molecular formula is C14H12ClNO. The minimum absolute atomic E-state index is 0.00919. The summed E-state index contributed by atoms with van der Waals surface area (Å²) < 4.78 is 0. The van der Waals surface area contributed by atoms with Crippen LogP contribution in [0.25, 0.3) is 17.0 Å². The van der Waals surface area contributed by atoms with Crippen LogP contribution in [0.1, 0.15) is 18.1 Å². The Kier molecular flexibility index (Phi) is 3.25. The van der Waals surface area contributed by atoms with Crippen LogP contribution in [0.3, 0.4) is 0 Å². The van der Waals surface area contributed by atoms with Crippen LogP contribution in [-0.2, 0) is 4.79 Å². The molecule has 2 nitrogen and oxygen atoms in total. The molecule has 0 radical (unpaired) electrons. The molecule has 0 saturated heterocycles. The van der Waals surface area contributed by atoms with Crippen molar-refractivity contribution in [3.05, 3.63) is 46.6 Å². The number of hydrogen-bond acceptors (Lipinski definition) is 2. The number of carbonyl (C=O) groups is 1. The zero-order valence-corrected chi connectivity index (χ0v) is 10.5. The van der Waals surface area contributed by atoms with Crippen molar-refractivity contribution >= 4 is 34.4 Å². The van der Waals surface area contributed by atoms with Crippen molar-refractivity contribution in [3.8, 4) is 0 Å². The highest BCUT2D eigenvalue weighted by Gasteiger charge is 2.02. The number of hydrogen-bond donors (Lipinski definition) is 0. The van der Waals surface area contributed by atoms with Crippen LogP contribution in [0.15, 0.2) is 30.3 Å². The first-order chi connectivity index (χ1) is 8.06. The number of allylic oxidation sites excluding steroid dienone is 1. The molecule has 0 fully saturated rings. The van der Waals surface area contributed by atoms with Crippen molar-refractivity contribution in [1.29, 1.82) is 0 Å². The first kappa shape index (κ1) is 11.8. The molecule has 0 aliphatic rings. The van der Waals surface area contributed by atoms with Crippen molar-refractivity contribution in [2.45, 2.75) is 13.8 Å². The van der Waals surface area contributed by atoms with Crippen molar-refractivity contribution in [1.82, 2.24) is 4.98 Å². The van der Waals surface area contributed by atoms with Crippen molar-refractivity contribution in [2.24, 2.45) is 0 Å². The molecule has 0 unspecified atom stereocenters. The summed E-state index contributed by atoms with van der Waals surface area (Å²) in [5, 5.41) is 1.43. The van der Waals surface area contributed by atoms with E-state index in [0.29, 0.717) is 5.15 Å². The topological polar surface area (TPSA) is 30.0 Å². The number of aromatic nitrogens is 1. The third kappa shape index (κ3) is 2.71. The molecule has 1 heterocycles. The number of fused-ring (bicyclic) bond motifs is 1. The third-order valence-electron chi connectivity index (χ3n) is 2.45. The van der Waals surface area contributed by atoms with E-state index in [1.54, 1.807) is 6.08 Å². The lowest BCUT2D eigenvalue weighted by atomic mass is 10.1. The molecule has 2 rings (SSSR count). The van der Waals surface area contributed by atoms with Gasteiger partial charge in [0.05, 0.1) is 5.52 Å². The van der Waals surface area contributed by atoms with Gasteiger partial charge in [-0.2, -0.15) is 0 Å². The predicted molar refractivity (Wildman–Crippen MR) is 71.2 cm³/mol. The van der Waals surface area contributed by atoms with Gasteiger partial charge in [-0.05, 0) is 43.7 Å². The molecule has 2 aromatic rings. The maximum atomic E-state index is 10.9. The van der Waals surface area contributed by atoms with Crippen LogP contribution in [0, 0.1) is 6.92 Å². The van der Waals surface area contributed by atoms with Crippen LogP contribution in [0.2, 0.25) is 5.15 Å². The summed E-state index contributed by atoms with van der Waals surface area (Å²) >= 11 is 6.07. The molecule has 17 heavy (non-hydrogen) atoms. The summed E-state index contributed by atoms with van der Waals surface area (Å²) in [7, 11) is 0. The summed E-state index contributed by atoms with van der Waals surface area (Å²) in [5.41, 5.74) is 2.78. The monoisotopic (exact) mass is 245 g/mol. The smallest absolute Gasteiger partial charge is 0.152 e. The Labute approximate surface area is 105 Å². The largest absolute Gasteiger partial charge is 0.295 e. The molecule has 86 valence electrons. The summed E-state index contributed by atoms with van der Waals surface area (Å²) in [4.78, 5) is 15.2. The molecule has 0 amide bonds. The van der Waals surface area contributed by atoms with E-state index in [4.69, 9.17) is 11.6 Å². The predicted octanol–water partition coefficient (Wildman–Crippen LogP) is 3.80. The SMILES string of the molecule is CC(=O)/C=C/c1cc2ccc(C)cc2nc1Cl. The van der Waals surface area contributed by atoms with Gasteiger partial charge in [0.1, 0.15) is 5.15 Å². The number of ketones is 1. The molecule has 0 spiro atoms. The normalized spacial score (nSPS) is 11.2. The number of aryl methyl sites for hydroxylation is 1. The number of pyridine rings is 1. The Hall–Kier alpha value is -1.67. The summed E-state index contributed by atoms with van der Waals surface area (Å²) in [6.45, 7) is 3.51. The zero-order chi connectivity index (χ0) is 12.4. The van der Waals surface area contributed by atoms with E-state index in [1.807, 2.05) is 31.2 Å². The fourth-order valence-corrected chi connectivity index (χ4v) is 1.80. The molecule has 0 aliphatic heterocycles. The second-order valence-corrected chi connectivity index (χ2v) is 4.37. The molecule has 1 aromatic carbocycles. The molecule has 1 aromatic heterocycles. The van der Waals surface area contributed by atoms with Gasteiger partial charge in [0.2, 0.25) is 0 Å². The number of rotatable bonds is 2. The molecular weight excluding hydrogens is 234 g/mol. The van der Waals surface area contributed by atoms with Gasteiger partial charge in [0, 0.05) is 10.9 Å². The summed E-state index contributed by atoms with van der Waals surface area (Å²) in [5.74, 6) is -0.00919. The van der Waals surface area contributed by atoms with Gasteiger partial charge in [-0.15, -0.1) is 0 Å². The maximum Gasteiger partial charge on any atom is 0.152 e. The molecule has 0 aliphatic carbocycles. The highest BCUT2D eigenvalue weighted by Crippen LogP contribution is 2.22. The van der Waals surface area contributed by atoms with Crippen molar-refractivity contribution in [2.75, 3.05) is 0 Å². The van der Waals surface area contributed by atoms with Gasteiger partial charge < -0.3 is 0 Å². The molecule has 0 atom stereocenters. The average Bonchev–Trinajstić information content (AvgIpc) is 2.26. The zero-order valence-electron chi connectivity index (χ0n) is 9.70. The number of halogens is 1. The van der Waals surface area contributed by atoms with Gasteiger partial charge >= 0.3 is 0 Å². The minimum atomic E-state index is -0.00919. The van der Waals surface area contributed by atoms with E-state index in [0.717, 1.165) is 22.0 Å². The molecule has 0 saturated carbocycles. The Balaban J connectivity index is 2.55. The lowest BCUT2D eigenvalue weighted by molar-refractivity contribution is -0.112. The fourth-order valence-electron chi connectivity index (χ4n) is 1.59. The van der Waals surface area contributed by atoms with Crippen LogP contribution in [0.5, 0.6) is 0 Å². The van der Waals surface area contributed by atoms with E-state index >= 15 is 0 Å². The standard InChI is InChI=1S/C14H12ClNO/c1-9-3-5-11-8-12(6-4-10(2)17)14(15)16-13(11)7-9/h3-8H,1-2H3/b6-4+. The van der Waals surface area contributed by atoms with Gasteiger partial charge in [0.25, 0.3) is 0 Å². The van der Waals surface area contributed by atoms with E-state index in [-0.39, 0.29) is 5.78 Å². The maximum absolute atomic E-state index is 10.9. The lowest BCUT2D eigenvalue weighted by Crippen LogP contribution is -1.87. The average molecular weight is 246 g/mol. The van der Waals surface area contributed by atoms with Crippen molar-refractivity contribution < 1.29 is 4.79 Å². The van der Waals surface area contributed by atoms with Gasteiger partial charge in [-0.25, -0.2) is 4.98 Å². The summed E-state index contributed by atoms with van der Waals surface area (Å²) in [6.07, 6.45) is 3.18. The number of benzene rings is 1. The van der Waals surface area contributed by atoms with E-state index in [2.05, 4.69) is 4.98 Å². The first-order valence-corrected chi connectivity index (χ1v) is 5.69. The second kappa shape index (κ2) is 4.68. The first-order valence-electron chi connectivity index (χ1n) is 5.32. The molecule has 0 N–H and O–H groups in total. The van der Waals surface area contributed by atoms with Crippen LogP contribution in [0.4, 0.5) is 0 Å². The highest BCUT2D eigenvalue weighted by molar-refractivity contribution is 6.31. The Morgan fingerprint density at radius 2 is 2.12 bits per heavy atom. The minimum Gasteiger partial charge on any atom is -0.295 e. The molecule has 0 bridgehead atoms. The van der Waals surface area contributed by atoms with Gasteiger partial charge in [-0.3, -0.25) is 4.79 Å². The number of nitrogens with zero attached hydrogens (tertiary/aromatic N) is 1. The van der Waals surface area contributed by atoms with Gasteiger partial charge in [-0.1, -0.05) is 23.7 Å². The highest BCUT2D eigenvalue weighted by atomic mass is 35.5. The van der Waals surface area contributed by atoms with Gasteiger partial charge in [0.15, 0.2) is 5.78 Å². The van der Waals surface area contributed by atoms with Crippen molar-refractivity contribution in [3.63, 3.8) is 0 Å². The second-order valence-electron chi connectivity index (χ2n) is 4.01. The lowest BCUT2D eigenvalue weighted by Gasteiger charge is -2.03. The number of carbonyl (C=O) groups excluding carboxylic acids is 1. The van der Waals surface area contributed by atoms with E-state index < -0.39 is 0 Å². The van der Waals surface area contributed by atoms with E-state index in [9.17, 15) is 4.79 Å². The van der Waals surface area contributed by atoms with E-state index in [1.165, 1.54) is 13.0 Å². The van der Waals surface area contributed by atoms with Crippen LogP contribution < -0.4 is 0 Å². The quantitative estimate of drug-likeness (QED) is 0.595. The Morgan fingerprint density at radius 3 is 2.82 bits per heavy atom. The molecule has 3 heteroatoms. The van der Waals surface area contributed by atoms with Crippen LogP contribution >= 0.6 is 11.6 Å². The summed E-state index contributed by atoms with van der Waals surface area (Å²) in [6, 6.07) is 7.94. The van der Waals surface area contributed by atoms with Crippen LogP contribution in [-0.4, -0.2) is 10.8 Å². The third-order valence-corrected chi connectivity index (χ3v) is 2.75. The Morgan fingerprint density at radius 1 is 1.35 bits per heavy atom. The fraction of sp³-hybridized carbons (Fsp3) is 0.143. The Bertz CT molecular complexity index is 617.